The molecule has 5 nitrogen and oxygen atoms in total. The minimum Gasteiger partial charge on any atom is -0.460 e. The lowest BCUT2D eigenvalue weighted by atomic mass is 10.1. The number of hydroxylamine groups is 1. The average Bonchev–Trinajstić information content (AvgIpc) is 2.42. The Hall–Kier alpha value is -1.69. The zero-order chi connectivity index (χ0) is 13.2. The summed E-state index contributed by atoms with van der Waals surface area (Å²) in [6, 6.07) is 7.91. The molecule has 0 bridgehead atoms. The van der Waals surface area contributed by atoms with E-state index in [2.05, 4.69) is 12.1 Å². The van der Waals surface area contributed by atoms with Crippen LogP contribution in [0.25, 0.3) is 0 Å². The van der Waals surface area contributed by atoms with Crippen molar-refractivity contribution in [2.45, 2.75) is 13.1 Å². The Morgan fingerprint density at radius 1 is 1.39 bits per heavy atom. The van der Waals surface area contributed by atoms with Crippen LogP contribution in [0.2, 0.25) is 0 Å². The van der Waals surface area contributed by atoms with Gasteiger partial charge in [-0.3, -0.25) is 4.84 Å². The molecule has 0 saturated carbocycles. The lowest BCUT2D eigenvalue weighted by Gasteiger charge is -2.07. The van der Waals surface area contributed by atoms with Gasteiger partial charge in [0.2, 0.25) is 0 Å². The molecule has 0 unspecified atom stereocenters. The maximum atomic E-state index is 10.7. The number of carbonyl (C=O) groups excluding carboxylic acids is 1. The van der Waals surface area contributed by atoms with E-state index in [-0.39, 0.29) is 13.2 Å². The van der Waals surface area contributed by atoms with Crippen LogP contribution in [0.1, 0.15) is 11.1 Å². The van der Waals surface area contributed by atoms with Crippen molar-refractivity contribution in [2.75, 3.05) is 13.2 Å². The summed E-state index contributed by atoms with van der Waals surface area (Å²) in [6.45, 7) is 4.87. The summed E-state index contributed by atoms with van der Waals surface area (Å²) in [5, 5.41) is 0. The zero-order valence-corrected chi connectivity index (χ0v) is 10.2. The predicted octanol–water partition coefficient (Wildman–Crippen LogP) is 0.896. The third kappa shape index (κ3) is 5.58. The number of nitrogens with two attached hydrogens (primary N) is 1. The second-order valence-corrected chi connectivity index (χ2v) is 3.57. The van der Waals surface area contributed by atoms with Crippen LogP contribution in [0.15, 0.2) is 36.9 Å². The highest BCUT2D eigenvalue weighted by atomic mass is 16.7. The van der Waals surface area contributed by atoms with Gasteiger partial charge in [0.05, 0.1) is 0 Å². The summed E-state index contributed by atoms with van der Waals surface area (Å²) in [5.41, 5.74) is 10.5. The highest BCUT2D eigenvalue weighted by Gasteiger charge is 1.96. The number of ether oxygens (including phenoxy) is 1. The lowest BCUT2D eigenvalue weighted by Crippen LogP contribution is -2.18. The number of rotatable bonds is 8. The fraction of sp³-hybridized carbons (Fsp3) is 0.308. The zero-order valence-electron chi connectivity index (χ0n) is 10.2. The predicted molar refractivity (Wildman–Crippen MR) is 68.3 cm³/mol. The van der Waals surface area contributed by atoms with Crippen LogP contribution in [-0.4, -0.2) is 19.2 Å². The smallest absolute Gasteiger partial charge is 0.330 e. The van der Waals surface area contributed by atoms with Gasteiger partial charge in [-0.25, -0.2) is 4.79 Å². The van der Waals surface area contributed by atoms with Crippen LogP contribution < -0.4 is 11.2 Å². The first-order chi connectivity index (χ1) is 8.76. The van der Waals surface area contributed by atoms with E-state index in [1.165, 1.54) is 0 Å². The van der Waals surface area contributed by atoms with Crippen LogP contribution in [-0.2, 0) is 27.5 Å². The number of hydrogen-bond donors (Lipinski definition) is 2. The fourth-order valence-electron chi connectivity index (χ4n) is 1.32. The molecule has 1 rings (SSSR count). The van der Waals surface area contributed by atoms with E-state index in [1.807, 2.05) is 24.3 Å². The number of hydrogen-bond acceptors (Lipinski definition) is 5. The van der Waals surface area contributed by atoms with Gasteiger partial charge in [0.25, 0.3) is 0 Å². The quantitative estimate of drug-likeness (QED) is 0.310. The van der Waals surface area contributed by atoms with E-state index < -0.39 is 5.97 Å². The molecule has 98 valence electrons. The molecule has 0 amide bonds. The number of nitrogens with one attached hydrogen (secondary N) is 1. The molecular weight excluding hydrogens is 232 g/mol. The van der Waals surface area contributed by atoms with Gasteiger partial charge in [0.15, 0.2) is 0 Å². The molecule has 1 aromatic carbocycles. The summed E-state index contributed by atoms with van der Waals surface area (Å²) in [5.74, 6) is -0.450. The van der Waals surface area contributed by atoms with E-state index in [0.29, 0.717) is 13.1 Å². The van der Waals surface area contributed by atoms with Crippen LogP contribution in [0, 0.1) is 0 Å². The SMILES string of the molecule is C=CC(=O)OCCONCc1cccc(CN)c1. The summed E-state index contributed by atoms with van der Waals surface area (Å²) in [7, 11) is 0. The summed E-state index contributed by atoms with van der Waals surface area (Å²) >= 11 is 0. The molecule has 0 aromatic heterocycles. The Balaban J connectivity index is 2.13. The standard InChI is InChI=1S/C13H18N2O3/c1-2-13(16)17-6-7-18-15-10-12-5-3-4-11(8-12)9-14/h2-5,8,15H,1,6-7,9-10,14H2. The highest BCUT2D eigenvalue weighted by Crippen LogP contribution is 2.03. The van der Waals surface area contributed by atoms with Gasteiger partial charge in [-0.1, -0.05) is 30.8 Å². The van der Waals surface area contributed by atoms with E-state index in [0.717, 1.165) is 17.2 Å². The molecule has 0 saturated heterocycles. The number of esters is 1. The minimum absolute atomic E-state index is 0.195. The summed E-state index contributed by atoms with van der Waals surface area (Å²) < 4.78 is 4.74. The molecule has 0 aliphatic carbocycles. The minimum atomic E-state index is -0.450. The van der Waals surface area contributed by atoms with Crippen molar-refractivity contribution in [1.29, 1.82) is 0 Å². The van der Waals surface area contributed by atoms with Crippen LogP contribution in [0.4, 0.5) is 0 Å². The molecule has 0 atom stereocenters. The lowest BCUT2D eigenvalue weighted by molar-refractivity contribution is -0.140. The Morgan fingerprint density at radius 2 is 2.17 bits per heavy atom. The maximum Gasteiger partial charge on any atom is 0.330 e. The van der Waals surface area contributed by atoms with Crippen molar-refractivity contribution >= 4 is 5.97 Å². The van der Waals surface area contributed by atoms with Gasteiger partial charge in [-0.2, -0.15) is 5.48 Å². The first-order valence-electron chi connectivity index (χ1n) is 5.68. The molecule has 0 heterocycles. The number of benzene rings is 1. The second kappa shape index (κ2) is 8.41. The topological polar surface area (TPSA) is 73.6 Å². The summed E-state index contributed by atoms with van der Waals surface area (Å²) in [6.07, 6.45) is 1.12. The molecule has 0 aliphatic rings. The molecule has 18 heavy (non-hydrogen) atoms. The Kier molecular flexibility index (Phi) is 6.71. The van der Waals surface area contributed by atoms with E-state index in [1.54, 1.807) is 0 Å². The molecule has 0 fully saturated rings. The second-order valence-electron chi connectivity index (χ2n) is 3.57. The Bertz CT molecular complexity index is 394. The van der Waals surface area contributed by atoms with E-state index >= 15 is 0 Å². The van der Waals surface area contributed by atoms with Crippen molar-refractivity contribution in [3.05, 3.63) is 48.0 Å². The van der Waals surface area contributed by atoms with Gasteiger partial charge in [-0.05, 0) is 11.1 Å². The van der Waals surface area contributed by atoms with Crippen molar-refractivity contribution in [3.8, 4) is 0 Å². The van der Waals surface area contributed by atoms with Crippen molar-refractivity contribution < 1.29 is 14.4 Å². The first-order valence-corrected chi connectivity index (χ1v) is 5.68. The number of carbonyl (C=O) groups is 1. The van der Waals surface area contributed by atoms with Crippen LogP contribution >= 0.6 is 0 Å². The molecule has 0 radical (unpaired) electrons. The van der Waals surface area contributed by atoms with Gasteiger partial charge in [-0.15, -0.1) is 0 Å². The fourth-order valence-corrected chi connectivity index (χ4v) is 1.32. The monoisotopic (exact) mass is 250 g/mol. The van der Waals surface area contributed by atoms with Gasteiger partial charge in [0, 0.05) is 19.2 Å². The molecule has 5 heteroatoms. The van der Waals surface area contributed by atoms with Crippen molar-refractivity contribution in [1.82, 2.24) is 5.48 Å². The Labute approximate surface area is 107 Å². The molecule has 3 N–H and O–H groups in total. The summed E-state index contributed by atoms with van der Waals surface area (Å²) in [4.78, 5) is 15.8. The normalized spacial score (nSPS) is 10.1. The molecule has 0 spiro atoms. The largest absolute Gasteiger partial charge is 0.460 e. The van der Waals surface area contributed by atoms with E-state index in [9.17, 15) is 4.79 Å². The van der Waals surface area contributed by atoms with Crippen LogP contribution in [0.5, 0.6) is 0 Å². The molecule has 0 aliphatic heterocycles. The Morgan fingerprint density at radius 3 is 2.89 bits per heavy atom. The van der Waals surface area contributed by atoms with Crippen molar-refractivity contribution in [3.63, 3.8) is 0 Å². The average molecular weight is 250 g/mol. The maximum absolute atomic E-state index is 10.7. The third-order valence-electron chi connectivity index (χ3n) is 2.20. The third-order valence-corrected chi connectivity index (χ3v) is 2.20. The van der Waals surface area contributed by atoms with Gasteiger partial charge < -0.3 is 10.5 Å². The van der Waals surface area contributed by atoms with Crippen LogP contribution in [0.3, 0.4) is 0 Å². The molecule has 1 aromatic rings. The van der Waals surface area contributed by atoms with E-state index in [4.69, 9.17) is 15.3 Å². The first kappa shape index (κ1) is 14.4. The van der Waals surface area contributed by atoms with Gasteiger partial charge in [0.1, 0.15) is 13.2 Å². The van der Waals surface area contributed by atoms with Crippen molar-refractivity contribution in [2.24, 2.45) is 5.73 Å². The highest BCUT2D eigenvalue weighted by molar-refractivity contribution is 5.81. The van der Waals surface area contributed by atoms with Gasteiger partial charge >= 0.3 is 5.97 Å². The molecular formula is C13H18N2O3.